The number of tetrazole rings is 1. The summed E-state index contributed by atoms with van der Waals surface area (Å²) in [6, 6.07) is 0. The number of H-pyrrole nitrogens is 1. The summed E-state index contributed by atoms with van der Waals surface area (Å²) in [6.07, 6.45) is 0. The predicted octanol–water partition coefficient (Wildman–Crippen LogP) is -1.43. The van der Waals surface area contributed by atoms with Gasteiger partial charge in [-0.2, -0.15) is 5.21 Å². The molecule has 2 heterocycles. The zero-order valence-electron chi connectivity index (χ0n) is 8.49. The van der Waals surface area contributed by atoms with Gasteiger partial charge in [-0.05, 0) is 15.9 Å². The molecule has 0 radical (unpaired) electrons. The smallest absolute Gasteiger partial charge is 0.235 e. The molecule has 0 atom stereocenters. The van der Waals surface area contributed by atoms with Crippen molar-refractivity contribution in [1.82, 2.24) is 40.3 Å². The van der Waals surface area contributed by atoms with Crippen LogP contribution in [0.4, 0.5) is 0 Å². The first-order valence-corrected chi connectivity index (χ1v) is 6.55. The summed E-state index contributed by atoms with van der Waals surface area (Å²) in [5.74, 6) is 0.236. The maximum Gasteiger partial charge on any atom is 0.260 e. The van der Waals surface area contributed by atoms with Crippen LogP contribution < -0.4 is 4.72 Å². The van der Waals surface area contributed by atoms with Gasteiger partial charge in [0.05, 0.1) is 6.54 Å². The minimum absolute atomic E-state index is 0.0685. The van der Waals surface area contributed by atoms with Gasteiger partial charge in [-0.1, -0.05) is 10.4 Å². The van der Waals surface area contributed by atoms with Crippen LogP contribution in [-0.2, 0) is 23.6 Å². The van der Waals surface area contributed by atoms with Gasteiger partial charge >= 0.3 is 0 Å². The molecule has 0 aromatic carbocycles. The van der Waals surface area contributed by atoms with Crippen LogP contribution in [0.25, 0.3) is 0 Å². The van der Waals surface area contributed by atoms with Gasteiger partial charge in [0.25, 0.3) is 10.0 Å². The van der Waals surface area contributed by atoms with Crippen LogP contribution in [0.15, 0.2) is 9.63 Å². The van der Waals surface area contributed by atoms with E-state index in [1.807, 2.05) is 0 Å². The third kappa shape index (κ3) is 2.48. The number of hydrogen-bond acceptors (Lipinski definition) is 7. The summed E-state index contributed by atoms with van der Waals surface area (Å²) in [5.41, 5.74) is 0. The molecule has 0 fully saturated rings. The van der Waals surface area contributed by atoms with E-state index in [0.29, 0.717) is 0 Å². The summed E-state index contributed by atoms with van der Waals surface area (Å²) in [4.78, 5) is 0. The minimum Gasteiger partial charge on any atom is -0.235 e. The molecule has 0 amide bonds. The Labute approximate surface area is 104 Å². The fourth-order valence-corrected chi connectivity index (χ4v) is 3.16. The Morgan fingerprint density at radius 1 is 1.47 bits per heavy atom. The first kappa shape index (κ1) is 12.1. The Kier molecular flexibility index (Phi) is 3.17. The fraction of sp³-hybridized carbons (Fsp3) is 0.400. The lowest BCUT2D eigenvalue weighted by molar-refractivity contribution is 0.558. The van der Waals surface area contributed by atoms with Gasteiger partial charge in [-0.25, -0.2) is 17.8 Å². The van der Waals surface area contributed by atoms with E-state index in [4.69, 9.17) is 0 Å². The second kappa shape index (κ2) is 4.46. The predicted molar refractivity (Wildman–Crippen MR) is 56.9 cm³/mol. The molecule has 0 saturated heterocycles. The van der Waals surface area contributed by atoms with E-state index in [1.54, 1.807) is 0 Å². The zero-order chi connectivity index (χ0) is 12.5. The molecule has 10 nitrogen and oxygen atoms in total. The number of aromatic nitrogens is 7. The second-order valence-electron chi connectivity index (χ2n) is 2.96. The number of hydrogen-bond donors (Lipinski definition) is 2. The van der Waals surface area contributed by atoms with Crippen molar-refractivity contribution in [2.75, 3.05) is 0 Å². The van der Waals surface area contributed by atoms with Crippen molar-refractivity contribution in [1.29, 1.82) is 0 Å². The van der Waals surface area contributed by atoms with Crippen LogP contribution in [0.5, 0.6) is 0 Å². The molecule has 0 aliphatic carbocycles. The number of halogens is 1. The largest absolute Gasteiger partial charge is 0.260 e. The van der Waals surface area contributed by atoms with E-state index in [9.17, 15) is 8.42 Å². The number of sulfonamides is 1. The van der Waals surface area contributed by atoms with Crippen LogP contribution in [-0.4, -0.2) is 44.0 Å². The molecule has 0 bridgehead atoms. The minimum atomic E-state index is -3.73. The normalized spacial score (nSPS) is 11.9. The van der Waals surface area contributed by atoms with E-state index in [2.05, 4.69) is 51.6 Å². The van der Waals surface area contributed by atoms with E-state index in [0.717, 1.165) is 4.68 Å². The molecule has 12 heteroatoms. The van der Waals surface area contributed by atoms with Gasteiger partial charge in [0, 0.05) is 7.05 Å². The zero-order valence-corrected chi connectivity index (χ0v) is 10.9. The van der Waals surface area contributed by atoms with Crippen LogP contribution in [0.3, 0.4) is 0 Å². The third-order valence-electron chi connectivity index (χ3n) is 1.80. The lowest BCUT2D eigenvalue weighted by Crippen LogP contribution is -2.26. The van der Waals surface area contributed by atoms with Crippen LogP contribution in [0.1, 0.15) is 5.82 Å². The monoisotopic (exact) mass is 322 g/mol. The van der Waals surface area contributed by atoms with E-state index < -0.39 is 10.0 Å². The van der Waals surface area contributed by atoms with Crippen molar-refractivity contribution in [3.05, 3.63) is 10.4 Å². The average molecular weight is 323 g/mol. The molecule has 0 saturated carbocycles. The molecule has 92 valence electrons. The van der Waals surface area contributed by atoms with Gasteiger partial charge in [0.1, 0.15) is 0 Å². The molecule has 0 aliphatic heterocycles. The molecule has 2 rings (SSSR count). The van der Waals surface area contributed by atoms with Gasteiger partial charge in [0.15, 0.2) is 10.4 Å². The van der Waals surface area contributed by atoms with Gasteiger partial charge in [0.2, 0.25) is 5.03 Å². The van der Waals surface area contributed by atoms with Gasteiger partial charge in [-0.3, -0.25) is 0 Å². The summed E-state index contributed by atoms with van der Waals surface area (Å²) >= 11 is 3.01. The van der Waals surface area contributed by atoms with Crippen LogP contribution in [0, 0.1) is 0 Å². The van der Waals surface area contributed by atoms with Crippen molar-refractivity contribution in [2.24, 2.45) is 7.05 Å². The lowest BCUT2D eigenvalue weighted by Gasteiger charge is -2.04. The first-order chi connectivity index (χ1) is 8.00. The fourth-order valence-electron chi connectivity index (χ4n) is 1.09. The highest BCUT2D eigenvalue weighted by Gasteiger charge is 2.23. The van der Waals surface area contributed by atoms with Crippen molar-refractivity contribution < 1.29 is 8.42 Å². The van der Waals surface area contributed by atoms with Crippen LogP contribution in [0.2, 0.25) is 0 Å². The highest BCUT2D eigenvalue weighted by atomic mass is 79.9. The van der Waals surface area contributed by atoms with Crippen molar-refractivity contribution >= 4 is 26.0 Å². The van der Waals surface area contributed by atoms with E-state index >= 15 is 0 Å². The number of rotatable bonds is 4. The molecule has 0 aliphatic rings. The van der Waals surface area contributed by atoms with Crippen LogP contribution >= 0.6 is 15.9 Å². The van der Waals surface area contributed by atoms with Gasteiger partial charge in [-0.15, -0.1) is 15.3 Å². The Bertz CT molecular complexity index is 584. The number of aromatic amines is 1. The highest BCUT2D eigenvalue weighted by Crippen LogP contribution is 2.17. The van der Waals surface area contributed by atoms with E-state index in [-0.39, 0.29) is 22.0 Å². The molecule has 17 heavy (non-hydrogen) atoms. The SMILES string of the molecule is Cn1nnc(Br)c1S(=O)(=O)NCc1nn[nH]n1. The lowest BCUT2D eigenvalue weighted by atomic mass is 10.7. The molecule has 0 unspecified atom stereocenters. The maximum absolute atomic E-state index is 11.9. The quantitative estimate of drug-likeness (QED) is 0.705. The van der Waals surface area contributed by atoms with Crippen molar-refractivity contribution in [2.45, 2.75) is 11.6 Å². The Morgan fingerprint density at radius 3 is 2.76 bits per heavy atom. The standard InChI is InChI=1S/C5H7BrN8O2S/c1-14-5(4(6)10-13-14)17(15,16)7-2-3-8-11-12-9-3/h7H,2H2,1H3,(H,8,9,11,12). The topological polar surface area (TPSA) is 131 Å². The molecule has 2 aromatic heterocycles. The third-order valence-corrected chi connectivity index (χ3v) is 4.09. The Balaban J connectivity index is 2.20. The second-order valence-corrected chi connectivity index (χ2v) is 5.39. The summed E-state index contributed by atoms with van der Waals surface area (Å²) in [6.45, 7) is -0.0730. The molecular formula is C5H7BrN8O2S. The molecule has 2 aromatic rings. The Morgan fingerprint density at radius 2 is 2.24 bits per heavy atom. The molecular weight excluding hydrogens is 316 g/mol. The maximum atomic E-state index is 11.9. The summed E-state index contributed by atoms with van der Waals surface area (Å²) in [5, 5.41) is 19.9. The van der Waals surface area contributed by atoms with E-state index in [1.165, 1.54) is 7.05 Å². The number of nitrogens with one attached hydrogen (secondary N) is 2. The highest BCUT2D eigenvalue weighted by molar-refractivity contribution is 9.10. The van der Waals surface area contributed by atoms with Crippen molar-refractivity contribution in [3.8, 4) is 0 Å². The van der Waals surface area contributed by atoms with Gasteiger partial charge < -0.3 is 0 Å². The Hall–Kier alpha value is -1.40. The molecule has 2 N–H and O–H groups in total. The molecule has 0 spiro atoms. The average Bonchev–Trinajstić information content (AvgIpc) is 2.86. The van der Waals surface area contributed by atoms with Crippen molar-refractivity contribution in [3.63, 3.8) is 0 Å². The number of nitrogens with zero attached hydrogens (tertiary/aromatic N) is 6. The number of aryl methyl sites for hydroxylation is 1. The first-order valence-electron chi connectivity index (χ1n) is 4.28. The summed E-state index contributed by atoms with van der Waals surface area (Å²) < 4.78 is 27.4. The summed E-state index contributed by atoms with van der Waals surface area (Å²) in [7, 11) is -2.26.